The van der Waals surface area contributed by atoms with Gasteiger partial charge in [-0.25, -0.2) is 4.98 Å². The van der Waals surface area contributed by atoms with Crippen molar-refractivity contribution < 1.29 is 14.6 Å². The maximum atomic E-state index is 11.1. The molecule has 0 aliphatic carbocycles. The van der Waals surface area contributed by atoms with Gasteiger partial charge in [0.05, 0.1) is 23.5 Å². The third kappa shape index (κ3) is 4.20. The Kier molecular flexibility index (Phi) is 5.28. The number of aliphatic hydroxyl groups excluding tert-OH is 1. The van der Waals surface area contributed by atoms with Gasteiger partial charge in [0.25, 0.3) is 0 Å². The zero-order valence-corrected chi connectivity index (χ0v) is 10.2. The van der Waals surface area contributed by atoms with Gasteiger partial charge in [-0.1, -0.05) is 17.8 Å². The maximum Gasteiger partial charge on any atom is 0.316 e. The van der Waals surface area contributed by atoms with Crippen molar-refractivity contribution in [3.63, 3.8) is 0 Å². The van der Waals surface area contributed by atoms with E-state index in [-0.39, 0.29) is 11.7 Å². The van der Waals surface area contributed by atoms with Gasteiger partial charge in [-0.3, -0.25) is 4.79 Å². The number of hydrogen-bond donors (Lipinski definition) is 1. The molecule has 1 atom stereocenters. The first-order valence-corrected chi connectivity index (χ1v) is 6.04. The van der Waals surface area contributed by atoms with Crippen LogP contribution in [0.1, 0.15) is 25.5 Å². The van der Waals surface area contributed by atoms with Crippen molar-refractivity contribution >= 4 is 17.7 Å². The second-order valence-corrected chi connectivity index (χ2v) is 4.20. The number of thioether (sulfide) groups is 1. The third-order valence-corrected chi connectivity index (χ3v) is 2.80. The molecule has 1 aromatic rings. The summed E-state index contributed by atoms with van der Waals surface area (Å²) in [6.07, 6.45) is 1.09. The van der Waals surface area contributed by atoms with Crippen molar-refractivity contribution in [1.29, 1.82) is 0 Å². The molecule has 1 aromatic heterocycles. The van der Waals surface area contributed by atoms with E-state index in [9.17, 15) is 9.90 Å². The number of nitrogens with zero attached hydrogens (tertiary/aromatic N) is 1. The Morgan fingerprint density at radius 2 is 2.38 bits per heavy atom. The lowest BCUT2D eigenvalue weighted by molar-refractivity contribution is -0.139. The van der Waals surface area contributed by atoms with E-state index in [1.54, 1.807) is 32.2 Å². The minimum Gasteiger partial charge on any atom is -0.465 e. The molecule has 0 saturated carbocycles. The highest BCUT2D eigenvalue weighted by molar-refractivity contribution is 7.99. The lowest BCUT2D eigenvalue weighted by atomic mass is 10.2. The number of aliphatic hydroxyl groups is 1. The number of rotatable bonds is 5. The minimum atomic E-state index is -0.517. The number of carbonyl (C=O) groups excluding carboxylic acids is 1. The molecule has 88 valence electrons. The SMILES string of the molecule is CCOC(=O)CSc1ccc(C(C)O)cn1. The van der Waals surface area contributed by atoms with Gasteiger partial charge in [0.15, 0.2) is 0 Å². The molecule has 1 heterocycles. The highest BCUT2D eigenvalue weighted by atomic mass is 32.2. The molecule has 1 rings (SSSR count). The second-order valence-electron chi connectivity index (χ2n) is 3.20. The number of ether oxygens (including phenoxy) is 1. The summed E-state index contributed by atoms with van der Waals surface area (Å²) >= 11 is 1.32. The van der Waals surface area contributed by atoms with E-state index in [4.69, 9.17) is 4.74 Å². The normalized spacial score (nSPS) is 12.2. The van der Waals surface area contributed by atoms with Crippen LogP contribution < -0.4 is 0 Å². The first kappa shape index (κ1) is 13.0. The van der Waals surface area contributed by atoms with Crippen LogP contribution in [0.25, 0.3) is 0 Å². The molecule has 16 heavy (non-hydrogen) atoms. The van der Waals surface area contributed by atoms with Crippen LogP contribution in [0.4, 0.5) is 0 Å². The van der Waals surface area contributed by atoms with Crippen LogP contribution in [-0.2, 0) is 9.53 Å². The molecule has 5 heteroatoms. The van der Waals surface area contributed by atoms with E-state index in [0.717, 1.165) is 10.6 Å². The number of hydrogen-bond acceptors (Lipinski definition) is 5. The Bertz CT molecular complexity index is 338. The molecule has 0 aliphatic rings. The number of aromatic nitrogens is 1. The molecule has 0 radical (unpaired) electrons. The Morgan fingerprint density at radius 1 is 1.62 bits per heavy atom. The highest BCUT2D eigenvalue weighted by Gasteiger charge is 2.05. The van der Waals surface area contributed by atoms with Gasteiger partial charge in [0, 0.05) is 6.20 Å². The van der Waals surface area contributed by atoms with Crippen molar-refractivity contribution in [3.05, 3.63) is 23.9 Å². The smallest absolute Gasteiger partial charge is 0.316 e. The quantitative estimate of drug-likeness (QED) is 0.629. The summed E-state index contributed by atoms with van der Waals surface area (Å²) in [5.41, 5.74) is 0.764. The summed E-state index contributed by atoms with van der Waals surface area (Å²) in [4.78, 5) is 15.2. The van der Waals surface area contributed by atoms with Crippen molar-refractivity contribution in [2.45, 2.75) is 25.0 Å². The molecule has 0 aliphatic heterocycles. The van der Waals surface area contributed by atoms with Crippen LogP contribution in [0.3, 0.4) is 0 Å². The van der Waals surface area contributed by atoms with Gasteiger partial charge >= 0.3 is 5.97 Å². The average molecular weight is 241 g/mol. The van der Waals surface area contributed by atoms with Crippen LogP contribution >= 0.6 is 11.8 Å². The van der Waals surface area contributed by atoms with Gasteiger partial charge in [0.1, 0.15) is 0 Å². The molecule has 1 N–H and O–H groups in total. The Balaban J connectivity index is 2.46. The summed E-state index contributed by atoms with van der Waals surface area (Å²) in [6.45, 7) is 3.86. The molecule has 1 unspecified atom stereocenters. The van der Waals surface area contributed by atoms with E-state index in [1.807, 2.05) is 0 Å². The minimum absolute atomic E-state index is 0.242. The van der Waals surface area contributed by atoms with E-state index >= 15 is 0 Å². The molecular weight excluding hydrogens is 226 g/mol. The van der Waals surface area contributed by atoms with Crippen molar-refractivity contribution in [3.8, 4) is 0 Å². The average Bonchev–Trinajstić information content (AvgIpc) is 2.27. The first-order chi connectivity index (χ1) is 7.63. The Labute approximate surface area is 99.0 Å². The molecule has 0 spiro atoms. The summed E-state index contributed by atoms with van der Waals surface area (Å²) in [5.74, 6) is 0.0170. The van der Waals surface area contributed by atoms with Crippen molar-refractivity contribution in [2.75, 3.05) is 12.4 Å². The fourth-order valence-electron chi connectivity index (χ4n) is 1.06. The second kappa shape index (κ2) is 6.50. The molecule has 4 nitrogen and oxygen atoms in total. The van der Waals surface area contributed by atoms with Crippen LogP contribution in [0.15, 0.2) is 23.4 Å². The number of pyridine rings is 1. The lowest BCUT2D eigenvalue weighted by Crippen LogP contribution is -2.06. The van der Waals surface area contributed by atoms with E-state index in [0.29, 0.717) is 6.61 Å². The predicted octanol–water partition coefficient (Wildman–Crippen LogP) is 1.79. The molecule has 0 saturated heterocycles. The molecule has 0 fully saturated rings. The summed E-state index contributed by atoms with van der Waals surface area (Å²) < 4.78 is 4.80. The highest BCUT2D eigenvalue weighted by Crippen LogP contribution is 2.18. The molecule has 0 amide bonds. The standard InChI is InChI=1S/C11H15NO3S/c1-3-15-11(14)7-16-10-5-4-9(6-12-10)8(2)13/h4-6,8,13H,3,7H2,1-2H3. The maximum absolute atomic E-state index is 11.1. The van der Waals surface area contributed by atoms with Crippen LogP contribution in [0, 0.1) is 0 Å². The Hall–Kier alpha value is -1.07. The van der Waals surface area contributed by atoms with E-state index in [1.165, 1.54) is 11.8 Å². The van der Waals surface area contributed by atoms with Crippen molar-refractivity contribution in [2.24, 2.45) is 0 Å². The topological polar surface area (TPSA) is 59.4 Å². The molecular formula is C11H15NO3S. The first-order valence-electron chi connectivity index (χ1n) is 5.06. The summed E-state index contributed by atoms with van der Waals surface area (Å²) in [5, 5.41) is 10.0. The van der Waals surface area contributed by atoms with Gasteiger partial charge < -0.3 is 9.84 Å². The fraction of sp³-hybridized carbons (Fsp3) is 0.455. The van der Waals surface area contributed by atoms with Gasteiger partial charge in [0.2, 0.25) is 0 Å². The van der Waals surface area contributed by atoms with E-state index < -0.39 is 6.10 Å². The largest absolute Gasteiger partial charge is 0.465 e. The summed E-state index contributed by atoms with van der Waals surface area (Å²) in [7, 11) is 0. The van der Waals surface area contributed by atoms with Crippen LogP contribution in [-0.4, -0.2) is 28.4 Å². The zero-order valence-electron chi connectivity index (χ0n) is 9.34. The van der Waals surface area contributed by atoms with Gasteiger partial charge in [-0.05, 0) is 25.5 Å². The number of carbonyl (C=O) groups is 1. The third-order valence-electron chi connectivity index (χ3n) is 1.88. The predicted molar refractivity (Wildman–Crippen MR) is 62.2 cm³/mol. The summed E-state index contributed by atoms with van der Waals surface area (Å²) in [6, 6.07) is 3.58. The Morgan fingerprint density at radius 3 is 2.88 bits per heavy atom. The van der Waals surface area contributed by atoms with Crippen LogP contribution in [0.5, 0.6) is 0 Å². The van der Waals surface area contributed by atoms with Gasteiger partial charge in [-0.15, -0.1) is 0 Å². The van der Waals surface area contributed by atoms with Crippen molar-refractivity contribution in [1.82, 2.24) is 4.98 Å². The lowest BCUT2D eigenvalue weighted by Gasteiger charge is -2.05. The zero-order chi connectivity index (χ0) is 12.0. The van der Waals surface area contributed by atoms with Crippen LogP contribution in [0.2, 0.25) is 0 Å². The molecule has 0 aromatic carbocycles. The van der Waals surface area contributed by atoms with E-state index in [2.05, 4.69) is 4.98 Å². The fourth-order valence-corrected chi connectivity index (χ4v) is 1.70. The molecule has 0 bridgehead atoms. The monoisotopic (exact) mass is 241 g/mol. The van der Waals surface area contributed by atoms with Gasteiger partial charge in [-0.2, -0.15) is 0 Å². The number of esters is 1.